The smallest absolute Gasteiger partial charge is 0.143 e. The summed E-state index contributed by atoms with van der Waals surface area (Å²) in [6.45, 7) is 2.97. The maximum Gasteiger partial charge on any atom is 0.143 e. The first-order valence-corrected chi connectivity index (χ1v) is 8.96. The predicted molar refractivity (Wildman–Crippen MR) is 107 cm³/mol. The van der Waals surface area contributed by atoms with Gasteiger partial charge in [0.25, 0.3) is 0 Å². The first-order chi connectivity index (χ1) is 12.5. The van der Waals surface area contributed by atoms with E-state index in [1.165, 1.54) is 5.56 Å². The molecule has 0 aliphatic rings. The summed E-state index contributed by atoms with van der Waals surface area (Å²) in [5.41, 5.74) is 4.02. The van der Waals surface area contributed by atoms with Gasteiger partial charge in [0.15, 0.2) is 0 Å². The van der Waals surface area contributed by atoms with E-state index < -0.39 is 0 Å². The van der Waals surface area contributed by atoms with Gasteiger partial charge in [-0.25, -0.2) is 0 Å². The van der Waals surface area contributed by atoms with Crippen LogP contribution in [0.1, 0.15) is 16.7 Å². The van der Waals surface area contributed by atoms with Gasteiger partial charge in [-0.1, -0.05) is 53.0 Å². The van der Waals surface area contributed by atoms with E-state index in [-0.39, 0.29) is 5.75 Å². The van der Waals surface area contributed by atoms with Gasteiger partial charge >= 0.3 is 0 Å². The van der Waals surface area contributed by atoms with E-state index in [2.05, 4.69) is 17.4 Å². The van der Waals surface area contributed by atoms with Crippen LogP contribution in [0.15, 0.2) is 60.7 Å². The van der Waals surface area contributed by atoms with Gasteiger partial charge in [0, 0.05) is 22.8 Å². The van der Waals surface area contributed by atoms with E-state index in [9.17, 15) is 5.11 Å². The molecule has 2 N–H and O–H groups in total. The van der Waals surface area contributed by atoms with E-state index in [1.807, 2.05) is 25.1 Å². The third-order valence-corrected chi connectivity index (χ3v) is 4.44. The van der Waals surface area contributed by atoms with E-state index in [4.69, 9.17) is 27.9 Å². The number of hydrogen-bond donors (Lipinski definition) is 2. The number of phenolic OH excluding ortho intramolecular Hbond substituents is 1. The number of anilines is 1. The molecule has 0 aromatic heterocycles. The molecule has 3 aromatic rings. The number of nitrogens with one attached hydrogen (secondary N) is 1. The molecule has 0 radical (unpaired) electrons. The van der Waals surface area contributed by atoms with Crippen LogP contribution in [-0.4, -0.2) is 5.11 Å². The normalized spacial score (nSPS) is 10.6. The Morgan fingerprint density at radius 2 is 1.65 bits per heavy atom. The molecule has 0 saturated heterocycles. The van der Waals surface area contributed by atoms with E-state index in [1.54, 1.807) is 30.3 Å². The Labute approximate surface area is 163 Å². The van der Waals surface area contributed by atoms with Crippen LogP contribution >= 0.6 is 23.2 Å². The Morgan fingerprint density at radius 1 is 0.962 bits per heavy atom. The summed E-state index contributed by atoms with van der Waals surface area (Å²) >= 11 is 12.5. The highest BCUT2D eigenvalue weighted by Crippen LogP contribution is 2.33. The third kappa shape index (κ3) is 4.84. The minimum Gasteiger partial charge on any atom is -0.508 e. The lowest BCUT2D eigenvalue weighted by Gasteiger charge is -2.15. The van der Waals surface area contributed by atoms with Gasteiger partial charge in [-0.3, -0.25) is 0 Å². The van der Waals surface area contributed by atoms with Crippen LogP contribution in [0.25, 0.3) is 0 Å². The second-order valence-corrected chi connectivity index (χ2v) is 6.89. The quantitative estimate of drug-likeness (QED) is 0.494. The van der Waals surface area contributed by atoms with Crippen molar-refractivity contribution < 1.29 is 9.84 Å². The van der Waals surface area contributed by atoms with Gasteiger partial charge in [-0.15, -0.1) is 0 Å². The Bertz CT molecular complexity index is 878. The van der Waals surface area contributed by atoms with Crippen molar-refractivity contribution in [3.63, 3.8) is 0 Å². The molecule has 3 nitrogen and oxygen atoms in total. The number of halogens is 2. The third-order valence-electron chi connectivity index (χ3n) is 3.94. The summed E-state index contributed by atoms with van der Waals surface area (Å²) in [5, 5.41) is 13.7. The van der Waals surface area contributed by atoms with Crippen LogP contribution in [0.5, 0.6) is 11.5 Å². The molecule has 0 aliphatic heterocycles. The summed E-state index contributed by atoms with van der Waals surface area (Å²) in [7, 11) is 0. The molecule has 0 amide bonds. The molecule has 0 atom stereocenters. The molecule has 0 aliphatic carbocycles. The Kier molecular flexibility index (Phi) is 5.92. The summed E-state index contributed by atoms with van der Waals surface area (Å²) < 4.78 is 5.99. The van der Waals surface area contributed by atoms with Crippen LogP contribution in [0.3, 0.4) is 0 Å². The fourth-order valence-electron chi connectivity index (χ4n) is 2.52. The number of rotatable bonds is 6. The molecule has 0 spiro atoms. The monoisotopic (exact) mass is 387 g/mol. The molecule has 3 aromatic carbocycles. The molecule has 0 bridgehead atoms. The van der Waals surface area contributed by atoms with Gasteiger partial charge in [-0.2, -0.15) is 0 Å². The predicted octanol–water partition coefficient (Wildman–Crippen LogP) is 6.20. The fourth-order valence-corrected chi connectivity index (χ4v) is 3.11. The zero-order valence-corrected chi connectivity index (χ0v) is 15.8. The van der Waals surface area contributed by atoms with Crippen molar-refractivity contribution in [2.24, 2.45) is 0 Å². The lowest BCUT2D eigenvalue weighted by molar-refractivity contribution is 0.303. The van der Waals surface area contributed by atoms with Gasteiger partial charge in [0.05, 0.1) is 5.02 Å². The number of ether oxygens (including phenoxy) is 1. The topological polar surface area (TPSA) is 41.5 Å². The fraction of sp³-hybridized carbons (Fsp3) is 0.143. The van der Waals surface area contributed by atoms with Crippen LogP contribution < -0.4 is 10.1 Å². The van der Waals surface area contributed by atoms with Crippen LogP contribution in [0.2, 0.25) is 10.0 Å². The molecule has 0 fully saturated rings. The van der Waals surface area contributed by atoms with Crippen molar-refractivity contribution >= 4 is 28.9 Å². The number of aryl methyl sites for hydroxylation is 1. The van der Waals surface area contributed by atoms with Crippen molar-refractivity contribution in [3.05, 3.63) is 87.4 Å². The van der Waals surface area contributed by atoms with Crippen molar-refractivity contribution in [1.82, 2.24) is 0 Å². The Morgan fingerprint density at radius 3 is 2.35 bits per heavy atom. The minimum absolute atomic E-state index is 0.225. The van der Waals surface area contributed by atoms with Crippen LogP contribution in [-0.2, 0) is 13.2 Å². The molecular weight excluding hydrogens is 369 g/mol. The molecule has 0 saturated carbocycles. The standard InChI is InChI=1S/C21H19Cl2NO2/c1-14-2-4-15(5-3-14)13-26-21-16(10-17(22)11-20(21)23)12-24-18-6-8-19(25)9-7-18/h2-11,24-25H,12-13H2,1H3. The lowest BCUT2D eigenvalue weighted by Crippen LogP contribution is -2.04. The summed E-state index contributed by atoms with van der Waals surface area (Å²) in [5.74, 6) is 0.839. The van der Waals surface area contributed by atoms with E-state index in [0.29, 0.717) is 28.9 Å². The first kappa shape index (κ1) is 18.4. The summed E-state index contributed by atoms with van der Waals surface area (Å²) in [6, 6.07) is 18.5. The second-order valence-electron chi connectivity index (χ2n) is 6.05. The molecule has 5 heteroatoms. The van der Waals surface area contributed by atoms with Crippen molar-refractivity contribution in [2.45, 2.75) is 20.1 Å². The highest BCUT2D eigenvalue weighted by molar-refractivity contribution is 6.35. The average molecular weight is 388 g/mol. The highest BCUT2D eigenvalue weighted by atomic mass is 35.5. The molecule has 3 rings (SSSR count). The maximum absolute atomic E-state index is 9.37. The maximum atomic E-state index is 9.37. The minimum atomic E-state index is 0.225. The van der Waals surface area contributed by atoms with Crippen LogP contribution in [0, 0.1) is 6.92 Å². The number of aromatic hydroxyl groups is 1. The molecule has 0 heterocycles. The average Bonchev–Trinajstić information content (AvgIpc) is 2.62. The Hall–Kier alpha value is -2.36. The molecule has 134 valence electrons. The van der Waals surface area contributed by atoms with Gasteiger partial charge in [0.1, 0.15) is 18.1 Å². The van der Waals surface area contributed by atoms with Gasteiger partial charge < -0.3 is 15.2 Å². The highest BCUT2D eigenvalue weighted by Gasteiger charge is 2.11. The van der Waals surface area contributed by atoms with Crippen LogP contribution in [0.4, 0.5) is 5.69 Å². The molecule has 0 unspecified atom stereocenters. The molecular formula is C21H19Cl2NO2. The van der Waals surface area contributed by atoms with E-state index in [0.717, 1.165) is 16.8 Å². The zero-order chi connectivity index (χ0) is 18.5. The SMILES string of the molecule is Cc1ccc(COc2c(Cl)cc(Cl)cc2CNc2ccc(O)cc2)cc1. The number of benzene rings is 3. The molecule has 26 heavy (non-hydrogen) atoms. The van der Waals surface area contributed by atoms with Gasteiger partial charge in [-0.05, 0) is 48.9 Å². The number of hydrogen-bond acceptors (Lipinski definition) is 3. The van der Waals surface area contributed by atoms with Crippen molar-refractivity contribution in [1.29, 1.82) is 0 Å². The largest absolute Gasteiger partial charge is 0.508 e. The first-order valence-electron chi connectivity index (χ1n) is 8.20. The van der Waals surface area contributed by atoms with Crippen molar-refractivity contribution in [3.8, 4) is 11.5 Å². The zero-order valence-electron chi connectivity index (χ0n) is 14.3. The summed E-state index contributed by atoms with van der Waals surface area (Å²) in [6.07, 6.45) is 0. The lowest BCUT2D eigenvalue weighted by atomic mass is 10.1. The van der Waals surface area contributed by atoms with Crippen molar-refractivity contribution in [2.75, 3.05) is 5.32 Å². The Balaban J connectivity index is 1.75. The summed E-state index contributed by atoms with van der Waals surface area (Å²) in [4.78, 5) is 0. The number of phenols is 1. The van der Waals surface area contributed by atoms with Gasteiger partial charge in [0.2, 0.25) is 0 Å². The second kappa shape index (κ2) is 8.35. The van der Waals surface area contributed by atoms with E-state index >= 15 is 0 Å².